The van der Waals surface area contributed by atoms with E-state index in [2.05, 4.69) is 10.4 Å². The van der Waals surface area contributed by atoms with E-state index in [1.54, 1.807) is 38.1 Å². The standard InChI is InChI=1S/C8H13N3O2/c1-6(8(12)9-2)13-7-4-10-11(3)5-7/h4-6H,1-3H3,(H,9,12). The van der Waals surface area contributed by atoms with E-state index in [4.69, 9.17) is 4.74 Å². The number of hydrogen-bond acceptors (Lipinski definition) is 3. The largest absolute Gasteiger partial charge is 0.478 e. The minimum atomic E-state index is -0.491. The normalized spacial score (nSPS) is 12.2. The Labute approximate surface area is 76.7 Å². The van der Waals surface area contributed by atoms with Gasteiger partial charge in [0.25, 0.3) is 5.91 Å². The van der Waals surface area contributed by atoms with Crippen LogP contribution in [0.25, 0.3) is 0 Å². The molecular formula is C8H13N3O2. The molecule has 0 radical (unpaired) electrons. The van der Waals surface area contributed by atoms with E-state index < -0.39 is 6.10 Å². The van der Waals surface area contributed by atoms with Gasteiger partial charge in [0, 0.05) is 14.1 Å². The first-order valence-corrected chi connectivity index (χ1v) is 4.00. The van der Waals surface area contributed by atoms with Crippen molar-refractivity contribution >= 4 is 5.91 Å². The summed E-state index contributed by atoms with van der Waals surface area (Å²) in [6.45, 7) is 1.69. The number of ether oxygens (including phenoxy) is 1. The van der Waals surface area contributed by atoms with Crippen molar-refractivity contribution in [2.75, 3.05) is 7.05 Å². The average molecular weight is 183 g/mol. The average Bonchev–Trinajstić information content (AvgIpc) is 2.49. The molecule has 0 fully saturated rings. The first-order valence-electron chi connectivity index (χ1n) is 4.00. The van der Waals surface area contributed by atoms with Crippen molar-refractivity contribution in [3.8, 4) is 5.75 Å². The molecule has 5 nitrogen and oxygen atoms in total. The highest BCUT2D eigenvalue weighted by atomic mass is 16.5. The Morgan fingerprint density at radius 1 is 1.77 bits per heavy atom. The molecule has 0 saturated heterocycles. The quantitative estimate of drug-likeness (QED) is 0.713. The maximum atomic E-state index is 11.1. The van der Waals surface area contributed by atoms with Crippen molar-refractivity contribution < 1.29 is 9.53 Å². The van der Waals surface area contributed by atoms with Crippen molar-refractivity contribution in [3.05, 3.63) is 12.4 Å². The number of carbonyl (C=O) groups is 1. The molecule has 0 aliphatic carbocycles. The topological polar surface area (TPSA) is 56.1 Å². The monoisotopic (exact) mass is 183 g/mol. The van der Waals surface area contributed by atoms with Gasteiger partial charge in [-0.2, -0.15) is 5.10 Å². The minimum absolute atomic E-state index is 0.149. The van der Waals surface area contributed by atoms with Gasteiger partial charge < -0.3 is 10.1 Å². The SMILES string of the molecule is CNC(=O)C(C)Oc1cnn(C)c1. The molecule has 0 spiro atoms. The highest BCUT2D eigenvalue weighted by Crippen LogP contribution is 2.09. The fraction of sp³-hybridized carbons (Fsp3) is 0.500. The van der Waals surface area contributed by atoms with Crippen LogP contribution in [0.1, 0.15) is 6.92 Å². The van der Waals surface area contributed by atoms with Crippen molar-refractivity contribution in [1.29, 1.82) is 0 Å². The van der Waals surface area contributed by atoms with Gasteiger partial charge in [0.1, 0.15) is 0 Å². The summed E-state index contributed by atoms with van der Waals surface area (Å²) in [5.74, 6) is 0.447. The number of carbonyl (C=O) groups excluding carboxylic acids is 1. The zero-order valence-electron chi connectivity index (χ0n) is 7.94. The maximum absolute atomic E-state index is 11.1. The number of nitrogens with zero attached hydrogens (tertiary/aromatic N) is 2. The van der Waals surface area contributed by atoms with Crippen LogP contribution in [0.2, 0.25) is 0 Å². The van der Waals surface area contributed by atoms with Crippen molar-refractivity contribution in [3.63, 3.8) is 0 Å². The number of likely N-dealkylation sites (N-methyl/N-ethyl adjacent to an activating group) is 1. The molecule has 1 unspecified atom stereocenters. The molecule has 1 aromatic rings. The summed E-state index contributed by atoms with van der Waals surface area (Å²) in [7, 11) is 3.36. The van der Waals surface area contributed by atoms with Gasteiger partial charge in [0.2, 0.25) is 0 Å². The Kier molecular flexibility index (Phi) is 2.89. The molecule has 1 amide bonds. The summed E-state index contributed by atoms with van der Waals surface area (Å²) < 4.78 is 6.91. The lowest BCUT2D eigenvalue weighted by molar-refractivity contribution is -0.126. The maximum Gasteiger partial charge on any atom is 0.260 e. The van der Waals surface area contributed by atoms with Crippen LogP contribution in [0.5, 0.6) is 5.75 Å². The molecule has 0 bridgehead atoms. The number of hydrogen-bond donors (Lipinski definition) is 1. The molecule has 1 N–H and O–H groups in total. The van der Waals surface area contributed by atoms with Crippen LogP contribution in [0.3, 0.4) is 0 Å². The second-order valence-corrected chi connectivity index (χ2v) is 2.72. The highest BCUT2D eigenvalue weighted by Gasteiger charge is 2.12. The lowest BCUT2D eigenvalue weighted by atomic mass is 10.4. The second-order valence-electron chi connectivity index (χ2n) is 2.72. The van der Waals surface area contributed by atoms with Gasteiger partial charge >= 0.3 is 0 Å². The van der Waals surface area contributed by atoms with Gasteiger partial charge in [0.05, 0.1) is 12.4 Å². The third kappa shape index (κ3) is 2.47. The summed E-state index contributed by atoms with van der Waals surface area (Å²) in [6.07, 6.45) is 2.79. The fourth-order valence-corrected chi connectivity index (χ4v) is 0.921. The third-order valence-corrected chi connectivity index (χ3v) is 1.61. The highest BCUT2D eigenvalue weighted by molar-refractivity contribution is 5.80. The summed E-state index contributed by atoms with van der Waals surface area (Å²) in [6, 6.07) is 0. The smallest absolute Gasteiger partial charge is 0.260 e. The zero-order valence-corrected chi connectivity index (χ0v) is 7.94. The Morgan fingerprint density at radius 2 is 2.46 bits per heavy atom. The van der Waals surface area contributed by atoms with E-state index in [9.17, 15) is 4.79 Å². The summed E-state index contributed by atoms with van der Waals surface area (Å²) in [5.41, 5.74) is 0. The van der Waals surface area contributed by atoms with E-state index in [-0.39, 0.29) is 5.91 Å². The first-order chi connectivity index (χ1) is 6.13. The van der Waals surface area contributed by atoms with Gasteiger partial charge in [-0.05, 0) is 6.92 Å². The van der Waals surface area contributed by atoms with Gasteiger partial charge in [-0.1, -0.05) is 0 Å². The molecule has 5 heteroatoms. The van der Waals surface area contributed by atoms with Crippen LogP contribution >= 0.6 is 0 Å². The summed E-state index contributed by atoms with van der Waals surface area (Å²) in [5, 5.41) is 6.42. The number of aryl methyl sites for hydroxylation is 1. The fourth-order valence-electron chi connectivity index (χ4n) is 0.921. The van der Waals surface area contributed by atoms with Crippen LogP contribution < -0.4 is 10.1 Å². The van der Waals surface area contributed by atoms with Crippen LogP contribution in [-0.2, 0) is 11.8 Å². The van der Waals surface area contributed by atoms with Crippen LogP contribution in [-0.4, -0.2) is 28.8 Å². The lowest BCUT2D eigenvalue weighted by Crippen LogP contribution is -2.33. The predicted molar refractivity (Wildman–Crippen MR) is 47.4 cm³/mol. The number of amides is 1. The molecule has 0 saturated carbocycles. The van der Waals surface area contributed by atoms with Gasteiger partial charge in [-0.15, -0.1) is 0 Å². The molecular weight excluding hydrogens is 170 g/mol. The van der Waals surface area contributed by atoms with E-state index in [1.807, 2.05) is 0 Å². The molecule has 1 heterocycles. The Balaban J connectivity index is 2.54. The molecule has 1 atom stereocenters. The van der Waals surface area contributed by atoms with Gasteiger partial charge in [0.15, 0.2) is 11.9 Å². The van der Waals surface area contributed by atoms with E-state index >= 15 is 0 Å². The van der Waals surface area contributed by atoms with Gasteiger partial charge in [-0.3, -0.25) is 9.48 Å². The summed E-state index contributed by atoms with van der Waals surface area (Å²) >= 11 is 0. The van der Waals surface area contributed by atoms with Crippen LogP contribution in [0.15, 0.2) is 12.4 Å². The van der Waals surface area contributed by atoms with Crippen molar-refractivity contribution in [2.45, 2.75) is 13.0 Å². The third-order valence-electron chi connectivity index (χ3n) is 1.61. The molecule has 0 aromatic carbocycles. The Morgan fingerprint density at radius 3 is 2.92 bits per heavy atom. The second kappa shape index (κ2) is 3.93. The minimum Gasteiger partial charge on any atom is -0.478 e. The number of rotatable bonds is 3. The van der Waals surface area contributed by atoms with E-state index in [0.717, 1.165) is 0 Å². The van der Waals surface area contributed by atoms with Crippen molar-refractivity contribution in [2.24, 2.45) is 7.05 Å². The molecule has 0 aliphatic heterocycles. The number of nitrogens with one attached hydrogen (secondary N) is 1. The molecule has 1 aromatic heterocycles. The van der Waals surface area contributed by atoms with Gasteiger partial charge in [-0.25, -0.2) is 0 Å². The molecule has 1 rings (SSSR count). The zero-order chi connectivity index (χ0) is 9.84. The Bertz CT molecular complexity index is 295. The summed E-state index contributed by atoms with van der Waals surface area (Å²) in [4.78, 5) is 11.1. The van der Waals surface area contributed by atoms with Crippen molar-refractivity contribution in [1.82, 2.24) is 15.1 Å². The molecule has 72 valence electrons. The lowest BCUT2D eigenvalue weighted by Gasteiger charge is -2.10. The van der Waals surface area contributed by atoms with E-state index in [1.165, 1.54) is 0 Å². The van der Waals surface area contributed by atoms with Crippen LogP contribution in [0, 0.1) is 0 Å². The molecule has 0 aliphatic rings. The van der Waals surface area contributed by atoms with Crippen LogP contribution in [0.4, 0.5) is 0 Å². The predicted octanol–water partition coefficient (Wildman–Crippen LogP) is -0.0666. The molecule has 13 heavy (non-hydrogen) atoms. The first kappa shape index (κ1) is 9.57. The number of aromatic nitrogens is 2. The Hall–Kier alpha value is -1.52. The van der Waals surface area contributed by atoms with E-state index in [0.29, 0.717) is 5.75 Å².